The van der Waals surface area contributed by atoms with Gasteiger partial charge in [0.05, 0.1) is 12.9 Å². The third kappa shape index (κ3) is 27.6. The van der Waals surface area contributed by atoms with Gasteiger partial charge >= 0.3 is 42.1 Å². The van der Waals surface area contributed by atoms with Crippen LogP contribution in [0.4, 0.5) is 39.5 Å². The number of halogens is 9. The Labute approximate surface area is 409 Å². The van der Waals surface area contributed by atoms with Crippen LogP contribution in [0.1, 0.15) is 76.0 Å². The first kappa shape index (κ1) is 66.8. The van der Waals surface area contributed by atoms with E-state index in [1.165, 1.54) is 13.8 Å². The number of amides is 1. The Morgan fingerprint density at radius 3 is 1.51 bits per heavy atom. The van der Waals surface area contributed by atoms with Crippen LogP contribution in [-0.4, -0.2) is 83.0 Å². The molecule has 25 heteroatoms. The van der Waals surface area contributed by atoms with Gasteiger partial charge in [-0.3, -0.25) is 38.4 Å². The Morgan fingerprint density at radius 1 is 0.671 bits per heavy atom. The van der Waals surface area contributed by atoms with Crippen molar-refractivity contribution in [1.29, 1.82) is 0 Å². The summed E-state index contributed by atoms with van der Waals surface area (Å²) in [6.07, 6.45) is -12.1. The van der Waals surface area contributed by atoms with Gasteiger partial charge in [0.15, 0.2) is 17.3 Å². The first-order chi connectivity index (χ1) is 33.1. The van der Waals surface area contributed by atoms with Gasteiger partial charge in [-0.1, -0.05) is 91.0 Å². The van der Waals surface area contributed by atoms with E-state index in [1.807, 2.05) is 0 Å². The monoisotopic (exact) mass is 1050 g/mol. The molecule has 1 aromatic heterocycles. The number of hydrogen-bond donors (Lipinski definition) is 3. The second kappa shape index (κ2) is 32.5. The summed E-state index contributed by atoms with van der Waals surface area (Å²) >= 11 is 0. The van der Waals surface area contributed by atoms with Crippen LogP contribution in [0, 0.1) is 0 Å². The van der Waals surface area contributed by atoms with E-state index in [-0.39, 0.29) is 66.2 Å². The lowest BCUT2D eigenvalue weighted by Crippen LogP contribution is -2.29. The summed E-state index contributed by atoms with van der Waals surface area (Å²) in [6, 6.07) is 26.6. The summed E-state index contributed by atoms with van der Waals surface area (Å²) in [5.74, 6) is -7.13. The normalized spacial score (nSPS) is 11.6. The molecule has 0 atom stereocenters. The molecule has 0 radical (unpaired) electrons. The van der Waals surface area contributed by atoms with Gasteiger partial charge in [0.2, 0.25) is 5.76 Å². The zero-order valence-electron chi connectivity index (χ0n) is 38.6. The van der Waals surface area contributed by atoms with E-state index < -0.39 is 71.4 Å². The largest absolute Gasteiger partial charge is 0.501 e. The SMILES string of the molecule is CC(=O)OC(C)=O.CCO/C=C/C(=O)C(F)(F)F.N.O.O=C(Cc1ccc(C(F)(F)F)oc1=O)c1ccccc1.O=C(O)CNC(=O)c1ccccc1.O=C1CC(C(F)(F)F)=CC=C1CC(=O)c1ccccc1. The molecule has 3 aromatic carbocycles. The van der Waals surface area contributed by atoms with Crippen LogP contribution in [0.3, 0.4) is 0 Å². The second-order valence-corrected chi connectivity index (χ2v) is 13.7. The average molecular weight is 1050 g/mol. The van der Waals surface area contributed by atoms with Gasteiger partial charge < -0.3 is 35.9 Å². The third-order valence-corrected chi connectivity index (χ3v) is 8.12. The van der Waals surface area contributed by atoms with Crippen LogP contribution < -0.4 is 17.1 Å². The van der Waals surface area contributed by atoms with E-state index in [0.717, 1.165) is 24.5 Å². The molecule has 1 amide bonds. The molecule has 16 nitrogen and oxygen atoms in total. The lowest BCUT2D eigenvalue weighted by molar-refractivity contribution is -0.165. The summed E-state index contributed by atoms with van der Waals surface area (Å²) in [5.41, 5.74) is -0.733. The lowest BCUT2D eigenvalue weighted by Gasteiger charge is -2.15. The Kier molecular flexibility index (Phi) is 29.8. The third-order valence-electron chi connectivity index (χ3n) is 8.12. The number of hydrogen-bond acceptors (Lipinski definition) is 13. The van der Waals surface area contributed by atoms with Crippen molar-refractivity contribution in [2.75, 3.05) is 13.2 Å². The molecule has 1 heterocycles. The fourth-order valence-corrected chi connectivity index (χ4v) is 4.87. The smallest absolute Gasteiger partial charge is 0.454 e. The van der Waals surface area contributed by atoms with Crippen LogP contribution in [0.25, 0.3) is 0 Å². The minimum absolute atomic E-state index is 0. The van der Waals surface area contributed by atoms with Crippen molar-refractivity contribution in [1.82, 2.24) is 11.5 Å². The van der Waals surface area contributed by atoms with E-state index in [0.29, 0.717) is 28.8 Å². The van der Waals surface area contributed by atoms with Crippen LogP contribution in [-0.2, 0) is 46.0 Å². The number of carboxylic acids is 1. The fraction of sp³-hybridized carbons (Fsp3) is 0.229. The highest BCUT2D eigenvalue weighted by atomic mass is 19.4. The van der Waals surface area contributed by atoms with Crippen molar-refractivity contribution in [3.63, 3.8) is 0 Å². The topological polar surface area (TPSA) is 284 Å². The number of benzene rings is 3. The van der Waals surface area contributed by atoms with E-state index in [4.69, 9.17) is 5.11 Å². The maximum Gasteiger partial charge on any atom is 0.454 e. The van der Waals surface area contributed by atoms with Crippen LogP contribution in [0.5, 0.6) is 0 Å². The second-order valence-electron chi connectivity index (χ2n) is 13.7. The van der Waals surface area contributed by atoms with Crippen molar-refractivity contribution in [3.05, 3.63) is 177 Å². The number of carbonyl (C=O) groups is 8. The molecule has 0 bridgehead atoms. The van der Waals surface area contributed by atoms with Crippen molar-refractivity contribution < 1.29 is 102 Å². The molecule has 0 unspecified atom stereocenters. The predicted octanol–water partition coefficient (Wildman–Crippen LogP) is 8.33. The molecule has 396 valence electrons. The number of allylic oxidation sites excluding steroid dienone is 5. The summed E-state index contributed by atoms with van der Waals surface area (Å²) < 4.78 is 121. The standard InChI is InChI=1S/C15H11F3O2.C14H9F3O3.C9H9NO3.C6H7F3O2.C4H6O3.H3N.H2O/c16-15(17,18)12-7-6-11(14(20)9-12)8-13(19)10-4-2-1-3-5-10;15-14(16,17)12-7-6-10(13(19)20-12)8-11(18)9-4-2-1-3-5-9;11-8(12)6-10-9(13)7-4-2-1-3-5-7;1-2-11-4-3-5(10)6(7,8)9;1-3(5)7-4(2)6;;/h1-7H,8-9H2;1-7H,8H2;1-5H,6H2,(H,10,13)(H,11,12);3-4H,2H2,1H3;1-2H3;1H3;1H2/b;;;4-3+;;;. The van der Waals surface area contributed by atoms with E-state index in [1.54, 1.807) is 97.9 Å². The molecule has 1 aliphatic rings. The maximum absolute atomic E-state index is 12.5. The Bertz CT molecular complexity index is 2600. The minimum Gasteiger partial charge on any atom is -0.501 e. The maximum atomic E-state index is 12.5. The van der Waals surface area contributed by atoms with Crippen LogP contribution >= 0.6 is 0 Å². The molecular weight excluding hydrogens is 1000 g/mol. The predicted molar refractivity (Wildman–Crippen MR) is 241 cm³/mol. The first-order valence-electron chi connectivity index (χ1n) is 20.1. The number of esters is 2. The van der Waals surface area contributed by atoms with Crippen molar-refractivity contribution in [2.45, 2.75) is 58.6 Å². The molecule has 73 heavy (non-hydrogen) atoms. The lowest BCUT2D eigenvalue weighted by atomic mass is 9.92. The van der Waals surface area contributed by atoms with Crippen LogP contribution in [0.2, 0.25) is 0 Å². The molecule has 0 spiro atoms. The Hall–Kier alpha value is -8.32. The molecule has 4 aromatic rings. The molecule has 0 aliphatic heterocycles. The highest BCUT2D eigenvalue weighted by Crippen LogP contribution is 2.32. The molecule has 0 saturated carbocycles. The number of alkyl halides is 9. The van der Waals surface area contributed by atoms with Gasteiger partial charge in [0, 0.05) is 72.6 Å². The van der Waals surface area contributed by atoms with Crippen molar-refractivity contribution >= 4 is 46.9 Å². The van der Waals surface area contributed by atoms with Crippen molar-refractivity contribution in [3.8, 4) is 0 Å². The number of nitrogens with one attached hydrogen (secondary N) is 1. The van der Waals surface area contributed by atoms with Gasteiger partial charge in [-0.2, -0.15) is 39.5 Å². The van der Waals surface area contributed by atoms with Gasteiger partial charge in [-0.15, -0.1) is 0 Å². The number of rotatable bonds is 12. The first-order valence-corrected chi connectivity index (χ1v) is 20.1. The Balaban J connectivity index is 0. The van der Waals surface area contributed by atoms with Crippen molar-refractivity contribution in [2.24, 2.45) is 0 Å². The fourth-order valence-electron chi connectivity index (χ4n) is 4.87. The zero-order valence-corrected chi connectivity index (χ0v) is 38.6. The molecule has 0 saturated heterocycles. The van der Waals surface area contributed by atoms with Gasteiger partial charge in [-0.25, -0.2) is 4.79 Å². The number of ether oxygens (including phenoxy) is 2. The summed E-state index contributed by atoms with van der Waals surface area (Å²) in [5, 5.41) is 10.6. The van der Waals surface area contributed by atoms with Gasteiger partial charge in [0.25, 0.3) is 11.7 Å². The van der Waals surface area contributed by atoms with E-state index in [2.05, 4.69) is 19.2 Å². The number of Topliss-reactive ketones (excluding diaryl/α,β-unsaturated/α-hetero) is 3. The molecular formula is C48H47F9N2O14. The summed E-state index contributed by atoms with van der Waals surface area (Å²) in [6.45, 7) is 3.85. The minimum atomic E-state index is -4.80. The molecule has 0 fully saturated rings. The Morgan fingerprint density at radius 2 is 1.14 bits per heavy atom. The van der Waals surface area contributed by atoms with Gasteiger partial charge in [0.1, 0.15) is 6.54 Å². The number of carbonyl (C=O) groups excluding carboxylic acids is 7. The van der Waals surface area contributed by atoms with E-state index in [9.17, 15) is 82.7 Å². The summed E-state index contributed by atoms with van der Waals surface area (Å²) in [7, 11) is 0. The molecule has 7 N–H and O–H groups in total. The van der Waals surface area contributed by atoms with Crippen LogP contribution in [0.15, 0.2) is 148 Å². The average Bonchev–Trinajstić information content (AvgIpc) is 3.29. The van der Waals surface area contributed by atoms with E-state index >= 15 is 0 Å². The highest BCUT2D eigenvalue weighted by molar-refractivity contribution is 6.07. The highest BCUT2D eigenvalue weighted by Gasteiger charge is 2.37. The quantitative estimate of drug-likeness (QED) is 0.0300. The zero-order chi connectivity index (χ0) is 54.0. The van der Waals surface area contributed by atoms with Gasteiger partial charge in [-0.05, 0) is 31.2 Å². The number of carboxylic acid groups (broad SMARTS) is 1. The summed E-state index contributed by atoms with van der Waals surface area (Å²) in [4.78, 5) is 97.8. The molecule has 1 aliphatic carbocycles. The number of ketones is 4. The molecule has 5 rings (SSSR count). The number of aliphatic carboxylic acids is 1.